The number of benzene rings is 2. The van der Waals surface area contributed by atoms with Gasteiger partial charge in [-0.25, -0.2) is 0 Å². The molecule has 2 aromatic carbocycles. The van der Waals surface area contributed by atoms with E-state index in [1.807, 2.05) is 6.07 Å². The van der Waals surface area contributed by atoms with E-state index in [4.69, 9.17) is 37.9 Å². The summed E-state index contributed by atoms with van der Waals surface area (Å²) in [7, 11) is 0. The minimum Gasteiger partial charge on any atom is -0.493 e. The van der Waals surface area contributed by atoms with E-state index < -0.39 is 0 Å². The highest BCUT2D eigenvalue weighted by molar-refractivity contribution is 6.34. The zero-order chi connectivity index (χ0) is 15.1. The van der Waals surface area contributed by atoms with Gasteiger partial charge in [0.15, 0.2) is 0 Å². The van der Waals surface area contributed by atoms with Crippen LogP contribution in [0.3, 0.4) is 0 Å². The Kier molecular flexibility index (Phi) is 5.74. The van der Waals surface area contributed by atoms with E-state index in [0.717, 1.165) is 0 Å². The molecule has 0 saturated carbocycles. The van der Waals surface area contributed by atoms with Crippen molar-refractivity contribution in [1.29, 1.82) is 5.26 Å². The van der Waals surface area contributed by atoms with Crippen LogP contribution in [0.25, 0.3) is 0 Å². The average molecular weight is 322 g/mol. The molecule has 0 aliphatic rings. The van der Waals surface area contributed by atoms with Gasteiger partial charge in [0.05, 0.1) is 29.9 Å². The van der Waals surface area contributed by atoms with Crippen LogP contribution in [0.15, 0.2) is 42.5 Å². The molecule has 5 heteroatoms. The number of rotatable bonds is 6. The van der Waals surface area contributed by atoms with Gasteiger partial charge in [0.1, 0.15) is 11.5 Å². The molecule has 0 N–H and O–H groups in total. The molecule has 0 spiro atoms. The molecular weight excluding hydrogens is 309 g/mol. The Morgan fingerprint density at radius 1 is 1.00 bits per heavy atom. The lowest BCUT2D eigenvalue weighted by atomic mass is 10.2. The first-order valence-electron chi connectivity index (χ1n) is 6.40. The molecule has 108 valence electrons. The molecule has 0 radical (unpaired) electrons. The highest BCUT2D eigenvalue weighted by Gasteiger charge is 2.02. The molecule has 0 aromatic heterocycles. The van der Waals surface area contributed by atoms with Crippen molar-refractivity contribution in [3.8, 4) is 17.6 Å². The molecule has 2 aromatic rings. The van der Waals surface area contributed by atoms with Gasteiger partial charge in [0.2, 0.25) is 0 Å². The third kappa shape index (κ3) is 4.86. The maximum absolute atomic E-state index is 8.80. The SMILES string of the molecule is N#Cc1cccc(OCCCOc2cc(Cl)ccc2Cl)c1. The fourth-order valence-corrected chi connectivity index (χ4v) is 2.01. The quantitative estimate of drug-likeness (QED) is 0.723. The fourth-order valence-electron chi connectivity index (χ4n) is 1.67. The number of hydrogen-bond acceptors (Lipinski definition) is 3. The minimum atomic E-state index is 0.470. The van der Waals surface area contributed by atoms with Crippen LogP contribution in [-0.4, -0.2) is 13.2 Å². The zero-order valence-corrected chi connectivity index (χ0v) is 12.7. The van der Waals surface area contributed by atoms with Gasteiger partial charge in [-0.1, -0.05) is 29.3 Å². The van der Waals surface area contributed by atoms with Gasteiger partial charge < -0.3 is 9.47 Å². The maximum atomic E-state index is 8.80. The Morgan fingerprint density at radius 2 is 1.81 bits per heavy atom. The third-order valence-corrected chi connectivity index (χ3v) is 3.22. The predicted molar refractivity (Wildman–Crippen MR) is 83.2 cm³/mol. The van der Waals surface area contributed by atoms with Crippen molar-refractivity contribution < 1.29 is 9.47 Å². The van der Waals surface area contributed by atoms with Gasteiger partial charge >= 0.3 is 0 Å². The molecule has 0 aliphatic carbocycles. The molecule has 2 rings (SSSR count). The number of hydrogen-bond donors (Lipinski definition) is 0. The molecule has 0 atom stereocenters. The summed E-state index contributed by atoms with van der Waals surface area (Å²) in [5.41, 5.74) is 0.578. The molecule has 3 nitrogen and oxygen atoms in total. The summed E-state index contributed by atoms with van der Waals surface area (Å²) in [5.74, 6) is 1.24. The van der Waals surface area contributed by atoms with Crippen molar-refractivity contribution in [2.24, 2.45) is 0 Å². The minimum absolute atomic E-state index is 0.470. The maximum Gasteiger partial charge on any atom is 0.139 e. The summed E-state index contributed by atoms with van der Waals surface area (Å²) in [6, 6.07) is 14.2. The van der Waals surface area contributed by atoms with E-state index in [9.17, 15) is 0 Å². The normalized spacial score (nSPS) is 9.95. The van der Waals surface area contributed by atoms with Crippen molar-refractivity contribution >= 4 is 23.2 Å². The molecule has 0 unspecified atom stereocenters. The molecule has 0 heterocycles. The number of nitriles is 1. The zero-order valence-electron chi connectivity index (χ0n) is 11.2. The number of nitrogens with zero attached hydrogens (tertiary/aromatic N) is 1. The van der Waals surface area contributed by atoms with Gasteiger partial charge in [-0.2, -0.15) is 5.26 Å². The van der Waals surface area contributed by atoms with E-state index in [2.05, 4.69) is 6.07 Å². The smallest absolute Gasteiger partial charge is 0.139 e. The Bertz CT molecular complexity index is 653. The van der Waals surface area contributed by atoms with E-state index in [1.165, 1.54) is 0 Å². The lowest BCUT2D eigenvalue weighted by Gasteiger charge is -2.09. The van der Waals surface area contributed by atoms with Gasteiger partial charge in [0, 0.05) is 17.5 Å². The summed E-state index contributed by atoms with van der Waals surface area (Å²) >= 11 is 11.9. The first kappa shape index (κ1) is 15.5. The van der Waals surface area contributed by atoms with Crippen molar-refractivity contribution in [2.45, 2.75) is 6.42 Å². The van der Waals surface area contributed by atoms with Crippen LogP contribution in [0.2, 0.25) is 10.0 Å². The van der Waals surface area contributed by atoms with Crippen LogP contribution < -0.4 is 9.47 Å². The van der Waals surface area contributed by atoms with Gasteiger partial charge in [-0.3, -0.25) is 0 Å². The van der Waals surface area contributed by atoms with Crippen LogP contribution in [0, 0.1) is 11.3 Å². The highest BCUT2D eigenvalue weighted by Crippen LogP contribution is 2.27. The summed E-state index contributed by atoms with van der Waals surface area (Å²) < 4.78 is 11.1. The van der Waals surface area contributed by atoms with Gasteiger partial charge in [-0.15, -0.1) is 0 Å². The second kappa shape index (κ2) is 7.78. The summed E-state index contributed by atoms with van der Waals surface area (Å²) in [4.78, 5) is 0. The Labute approximate surface area is 133 Å². The molecule has 0 fully saturated rings. The van der Waals surface area contributed by atoms with Crippen LogP contribution in [-0.2, 0) is 0 Å². The second-order valence-corrected chi connectivity index (χ2v) is 5.11. The molecule has 0 aliphatic heterocycles. The van der Waals surface area contributed by atoms with Crippen LogP contribution in [0.1, 0.15) is 12.0 Å². The largest absolute Gasteiger partial charge is 0.493 e. The monoisotopic (exact) mass is 321 g/mol. The van der Waals surface area contributed by atoms with Crippen LogP contribution in [0.5, 0.6) is 11.5 Å². The fraction of sp³-hybridized carbons (Fsp3) is 0.188. The first-order valence-corrected chi connectivity index (χ1v) is 7.15. The van der Waals surface area contributed by atoms with Crippen molar-refractivity contribution in [3.63, 3.8) is 0 Å². The summed E-state index contributed by atoms with van der Waals surface area (Å²) in [6.45, 7) is 0.963. The number of ether oxygens (including phenoxy) is 2. The third-order valence-electron chi connectivity index (χ3n) is 2.67. The predicted octanol–water partition coefficient (Wildman–Crippen LogP) is 4.71. The highest BCUT2D eigenvalue weighted by atomic mass is 35.5. The summed E-state index contributed by atoms with van der Waals surface area (Å²) in [5, 5.41) is 9.91. The molecular formula is C16H13Cl2NO2. The van der Waals surface area contributed by atoms with Gasteiger partial charge in [0.25, 0.3) is 0 Å². The van der Waals surface area contributed by atoms with E-state index >= 15 is 0 Å². The van der Waals surface area contributed by atoms with Crippen LogP contribution >= 0.6 is 23.2 Å². The standard InChI is InChI=1S/C16H13Cl2NO2/c17-13-5-6-15(18)16(10-13)21-8-2-7-20-14-4-1-3-12(9-14)11-19/h1,3-6,9-10H,2,7-8H2. The Balaban J connectivity index is 1.75. The molecule has 0 bridgehead atoms. The molecule has 0 amide bonds. The van der Waals surface area contributed by atoms with Crippen LogP contribution in [0.4, 0.5) is 0 Å². The van der Waals surface area contributed by atoms with E-state index in [0.29, 0.717) is 46.7 Å². The Hall–Kier alpha value is -1.89. The summed E-state index contributed by atoms with van der Waals surface area (Å²) in [6.07, 6.45) is 0.694. The Morgan fingerprint density at radius 3 is 2.62 bits per heavy atom. The number of halogens is 2. The molecule has 0 saturated heterocycles. The van der Waals surface area contributed by atoms with Crippen molar-refractivity contribution in [1.82, 2.24) is 0 Å². The topological polar surface area (TPSA) is 42.2 Å². The van der Waals surface area contributed by atoms with Crippen molar-refractivity contribution in [3.05, 3.63) is 58.1 Å². The molecule has 21 heavy (non-hydrogen) atoms. The second-order valence-electron chi connectivity index (χ2n) is 4.26. The van der Waals surface area contributed by atoms with E-state index in [1.54, 1.807) is 36.4 Å². The first-order chi connectivity index (χ1) is 10.2. The lowest BCUT2D eigenvalue weighted by Crippen LogP contribution is -2.05. The van der Waals surface area contributed by atoms with Gasteiger partial charge in [-0.05, 0) is 30.3 Å². The average Bonchev–Trinajstić information content (AvgIpc) is 2.50. The van der Waals surface area contributed by atoms with Crippen molar-refractivity contribution in [2.75, 3.05) is 13.2 Å². The van der Waals surface area contributed by atoms with E-state index in [-0.39, 0.29) is 0 Å². The lowest BCUT2D eigenvalue weighted by molar-refractivity contribution is 0.247.